The van der Waals surface area contributed by atoms with E-state index in [1.165, 1.54) is 17.0 Å². The van der Waals surface area contributed by atoms with E-state index in [-0.39, 0.29) is 16.4 Å². The molecule has 3 rings (SSSR count). The van der Waals surface area contributed by atoms with E-state index < -0.39 is 11.8 Å². The van der Waals surface area contributed by atoms with Crippen molar-refractivity contribution in [3.8, 4) is 5.75 Å². The van der Waals surface area contributed by atoms with Crippen molar-refractivity contribution in [2.45, 2.75) is 0 Å². The van der Waals surface area contributed by atoms with Gasteiger partial charge >= 0.3 is 0 Å². The number of carbonyl (C=O) groups is 2. The zero-order valence-electron chi connectivity index (χ0n) is 12.5. The maximum absolute atomic E-state index is 12.8. The SMILES string of the molecule is O=C1NC(=S)N(c2cccc(Cl)c2)C(=O)C1=Cc1cc(Br)ccc1O. The number of aromatic hydroxyl groups is 1. The Hall–Kier alpha value is -2.22. The van der Waals surface area contributed by atoms with Crippen LogP contribution in [0.2, 0.25) is 5.02 Å². The number of halogens is 2. The van der Waals surface area contributed by atoms with Crippen molar-refractivity contribution in [2.24, 2.45) is 0 Å². The first kappa shape index (κ1) is 17.6. The third kappa shape index (κ3) is 3.58. The monoisotopic (exact) mass is 436 g/mol. The highest BCUT2D eigenvalue weighted by molar-refractivity contribution is 9.10. The number of phenols is 1. The van der Waals surface area contributed by atoms with E-state index in [2.05, 4.69) is 21.2 Å². The molecule has 0 bridgehead atoms. The summed E-state index contributed by atoms with van der Waals surface area (Å²) in [6.07, 6.45) is 1.32. The average Bonchev–Trinajstić information content (AvgIpc) is 2.54. The number of nitrogens with one attached hydrogen (secondary N) is 1. The minimum Gasteiger partial charge on any atom is -0.507 e. The molecular weight excluding hydrogens is 428 g/mol. The van der Waals surface area contributed by atoms with Crippen molar-refractivity contribution >= 4 is 68.4 Å². The Labute approximate surface area is 162 Å². The molecule has 2 aromatic rings. The van der Waals surface area contributed by atoms with Crippen LogP contribution in [0, 0.1) is 0 Å². The fraction of sp³-hybridized carbons (Fsp3) is 0. The fourth-order valence-electron chi connectivity index (χ4n) is 2.30. The lowest BCUT2D eigenvalue weighted by Crippen LogP contribution is -2.54. The molecule has 8 heteroatoms. The number of thiocarbonyl (C=S) groups is 1. The van der Waals surface area contributed by atoms with Gasteiger partial charge in [0.1, 0.15) is 11.3 Å². The van der Waals surface area contributed by atoms with Crippen LogP contribution in [0.1, 0.15) is 5.56 Å². The molecule has 1 aliphatic rings. The summed E-state index contributed by atoms with van der Waals surface area (Å²) >= 11 is 14.4. The molecule has 1 fully saturated rings. The quantitative estimate of drug-likeness (QED) is 0.428. The molecule has 0 saturated carbocycles. The van der Waals surface area contributed by atoms with E-state index >= 15 is 0 Å². The molecule has 0 atom stereocenters. The van der Waals surface area contributed by atoms with Gasteiger partial charge in [0.25, 0.3) is 11.8 Å². The van der Waals surface area contributed by atoms with Gasteiger partial charge in [-0.2, -0.15) is 0 Å². The Bertz CT molecular complexity index is 945. The van der Waals surface area contributed by atoms with Gasteiger partial charge in [-0.25, -0.2) is 0 Å². The van der Waals surface area contributed by atoms with Crippen molar-refractivity contribution in [1.29, 1.82) is 0 Å². The lowest BCUT2D eigenvalue weighted by molar-refractivity contribution is -0.122. The number of amides is 2. The lowest BCUT2D eigenvalue weighted by atomic mass is 10.1. The zero-order chi connectivity index (χ0) is 18.1. The smallest absolute Gasteiger partial charge is 0.270 e. The van der Waals surface area contributed by atoms with Gasteiger partial charge in [-0.05, 0) is 54.7 Å². The number of anilines is 1. The minimum atomic E-state index is -0.632. The minimum absolute atomic E-state index is 0.0344. The van der Waals surface area contributed by atoms with Gasteiger partial charge in [-0.1, -0.05) is 33.6 Å². The molecule has 0 aliphatic carbocycles. The second-order valence-electron chi connectivity index (χ2n) is 5.14. The number of phenolic OH excluding ortho intramolecular Hbond substituents is 1. The zero-order valence-corrected chi connectivity index (χ0v) is 15.7. The van der Waals surface area contributed by atoms with Crippen LogP contribution < -0.4 is 10.2 Å². The molecule has 126 valence electrons. The first-order valence-electron chi connectivity index (χ1n) is 7.02. The summed E-state index contributed by atoms with van der Waals surface area (Å²) < 4.78 is 0.697. The van der Waals surface area contributed by atoms with Crippen molar-refractivity contribution in [1.82, 2.24) is 5.32 Å². The highest BCUT2D eigenvalue weighted by atomic mass is 79.9. The number of carbonyl (C=O) groups excluding carboxylic acids is 2. The van der Waals surface area contributed by atoms with E-state index in [0.717, 1.165) is 0 Å². The summed E-state index contributed by atoms with van der Waals surface area (Å²) in [7, 11) is 0. The van der Waals surface area contributed by atoms with Crippen molar-refractivity contribution in [3.63, 3.8) is 0 Å². The molecule has 0 aromatic heterocycles. The van der Waals surface area contributed by atoms with E-state index in [4.69, 9.17) is 23.8 Å². The number of hydrogen-bond acceptors (Lipinski definition) is 4. The van der Waals surface area contributed by atoms with Crippen LogP contribution >= 0.6 is 39.7 Å². The van der Waals surface area contributed by atoms with Crippen LogP contribution in [0.25, 0.3) is 6.08 Å². The van der Waals surface area contributed by atoms with Crippen molar-refractivity contribution in [2.75, 3.05) is 4.90 Å². The predicted molar refractivity (Wildman–Crippen MR) is 103 cm³/mol. The fourth-order valence-corrected chi connectivity index (χ4v) is 3.15. The van der Waals surface area contributed by atoms with Gasteiger partial charge in [0.05, 0.1) is 5.69 Å². The summed E-state index contributed by atoms with van der Waals surface area (Å²) in [6, 6.07) is 11.3. The van der Waals surface area contributed by atoms with E-state index in [0.29, 0.717) is 20.7 Å². The maximum atomic E-state index is 12.8. The van der Waals surface area contributed by atoms with E-state index in [1.54, 1.807) is 36.4 Å². The molecule has 1 saturated heterocycles. The number of rotatable bonds is 2. The molecule has 2 N–H and O–H groups in total. The topological polar surface area (TPSA) is 69.6 Å². The summed E-state index contributed by atoms with van der Waals surface area (Å²) in [5, 5.41) is 12.8. The second kappa shape index (κ2) is 6.95. The number of hydrogen-bond donors (Lipinski definition) is 2. The Morgan fingerprint density at radius 2 is 1.96 bits per heavy atom. The molecule has 0 radical (unpaired) electrons. The Balaban J connectivity index is 2.07. The van der Waals surface area contributed by atoms with Crippen molar-refractivity contribution in [3.05, 3.63) is 63.1 Å². The van der Waals surface area contributed by atoms with Crippen LogP contribution in [-0.4, -0.2) is 22.0 Å². The number of benzene rings is 2. The van der Waals surface area contributed by atoms with Crippen LogP contribution in [-0.2, 0) is 9.59 Å². The largest absolute Gasteiger partial charge is 0.507 e. The highest BCUT2D eigenvalue weighted by Crippen LogP contribution is 2.28. The molecule has 25 heavy (non-hydrogen) atoms. The average molecular weight is 438 g/mol. The third-order valence-corrected chi connectivity index (χ3v) is 4.47. The molecule has 0 spiro atoms. The highest BCUT2D eigenvalue weighted by Gasteiger charge is 2.34. The normalized spacial score (nSPS) is 16.3. The van der Waals surface area contributed by atoms with Crippen molar-refractivity contribution < 1.29 is 14.7 Å². The van der Waals surface area contributed by atoms with Crippen LogP contribution in [0.3, 0.4) is 0 Å². The van der Waals surface area contributed by atoms with E-state index in [1.807, 2.05) is 0 Å². The summed E-state index contributed by atoms with van der Waals surface area (Å²) in [4.78, 5) is 26.2. The molecule has 2 aromatic carbocycles. The van der Waals surface area contributed by atoms with Gasteiger partial charge in [0.15, 0.2) is 5.11 Å². The summed E-state index contributed by atoms with van der Waals surface area (Å²) in [5.41, 5.74) is 0.612. The first-order chi connectivity index (χ1) is 11.9. The lowest BCUT2D eigenvalue weighted by Gasteiger charge is -2.29. The molecule has 5 nitrogen and oxygen atoms in total. The summed E-state index contributed by atoms with van der Waals surface area (Å²) in [5.74, 6) is -1.29. The van der Waals surface area contributed by atoms with Gasteiger partial charge in [-0.15, -0.1) is 0 Å². The van der Waals surface area contributed by atoms with E-state index in [9.17, 15) is 14.7 Å². The van der Waals surface area contributed by atoms with Gasteiger partial charge in [0, 0.05) is 15.1 Å². The molecule has 1 aliphatic heterocycles. The summed E-state index contributed by atoms with van der Waals surface area (Å²) in [6.45, 7) is 0. The number of nitrogens with zero attached hydrogens (tertiary/aromatic N) is 1. The molecule has 1 heterocycles. The molecule has 0 unspecified atom stereocenters. The predicted octanol–water partition coefficient (Wildman–Crippen LogP) is 3.64. The van der Waals surface area contributed by atoms with Crippen LogP contribution in [0.15, 0.2) is 52.5 Å². The van der Waals surface area contributed by atoms with Crippen LogP contribution in [0.4, 0.5) is 5.69 Å². The third-order valence-electron chi connectivity index (χ3n) is 3.46. The Kier molecular flexibility index (Phi) is 4.89. The second-order valence-corrected chi connectivity index (χ2v) is 6.88. The van der Waals surface area contributed by atoms with Crippen LogP contribution in [0.5, 0.6) is 5.75 Å². The van der Waals surface area contributed by atoms with Gasteiger partial charge in [0.2, 0.25) is 0 Å². The maximum Gasteiger partial charge on any atom is 0.270 e. The molecule has 2 amide bonds. The molecular formula is C17H10BrClN2O3S. The standard InChI is InChI=1S/C17H10BrClN2O3S/c18-10-4-5-14(22)9(6-10)7-13-15(23)20-17(25)21(16(13)24)12-3-1-2-11(19)8-12/h1-8,22H,(H,20,23,25). The Morgan fingerprint density at radius 1 is 1.20 bits per heavy atom. The van der Waals surface area contributed by atoms with Gasteiger partial charge < -0.3 is 5.11 Å². The first-order valence-corrected chi connectivity index (χ1v) is 8.60. The van der Waals surface area contributed by atoms with Gasteiger partial charge in [-0.3, -0.25) is 19.8 Å². The Morgan fingerprint density at radius 3 is 2.68 bits per heavy atom.